The minimum Gasteiger partial charge on any atom is -0.492 e. The van der Waals surface area contributed by atoms with Gasteiger partial charge in [-0.2, -0.15) is 0 Å². The summed E-state index contributed by atoms with van der Waals surface area (Å²) in [6.07, 6.45) is 1.98. The summed E-state index contributed by atoms with van der Waals surface area (Å²) < 4.78 is 20.1. The highest BCUT2D eigenvalue weighted by Gasteiger charge is 2.42. The lowest BCUT2D eigenvalue weighted by molar-refractivity contribution is -0.120. The largest absolute Gasteiger partial charge is 0.492 e. The molecule has 0 N–H and O–H groups in total. The molecule has 0 spiro atoms. The quantitative estimate of drug-likeness (QED) is 0.738. The Morgan fingerprint density at radius 1 is 1.28 bits per heavy atom. The van der Waals surface area contributed by atoms with Crippen LogP contribution in [0.25, 0.3) is 0 Å². The number of imide groups is 1. The highest BCUT2D eigenvalue weighted by Crippen LogP contribution is 2.40. The number of benzene rings is 1. The van der Waals surface area contributed by atoms with Gasteiger partial charge in [0.2, 0.25) is 0 Å². The van der Waals surface area contributed by atoms with E-state index in [-0.39, 0.29) is 22.4 Å². The zero-order valence-electron chi connectivity index (χ0n) is 14.6. The fourth-order valence-corrected chi connectivity index (χ4v) is 3.41. The van der Waals surface area contributed by atoms with Gasteiger partial charge in [-0.05, 0) is 37.2 Å². The van der Waals surface area contributed by atoms with Crippen LogP contribution in [-0.4, -0.2) is 18.4 Å². The molecule has 1 aliphatic heterocycles. The number of nitrogens with zero attached hydrogens (tertiary/aromatic N) is 1. The van der Waals surface area contributed by atoms with E-state index in [0.717, 1.165) is 17.4 Å². The molecule has 0 radical (unpaired) electrons. The number of anilines is 1. The zero-order valence-corrected chi connectivity index (χ0v) is 15.3. The van der Waals surface area contributed by atoms with Gasteiger partial charge in [-0.3, -0.25) is 9.59 Å². The highest BCUT2D eigenvalue weighted by atomic mass is 35.5. The van der Waals surface area contributed by atoms with Gasteiger partial charge in [-0.15, -0.1) is 0 Å². The molecule has 0 saturated heterocycles. The van der Waals surface area contributed by atoms with Crippen LogP contribution in [0.4, 0.5) is 10.1 Å². The molecule has 0 fully saturated rings. The van der Waals surface area contributed by atoms with Crippen molar-refractivity contribution in [3.63, 3.8) is 0 Å². The summed E-state index contributed by atoms with van der Waals surface area (Å²) in [6, 6.07) is 2.44. The van der Waals surface area contributed by atoms with Gasteiger partial charge in [-0.1, -0.05) is 32.4 Å². The van der Waals surface area contributed by atoms with Crippen molar-refractivity contribution < 1.29 is 18.7 Å². The first-order valence-electron chi connectivity index (χ1n) is 8.52. The summed E-state index contributed by atoms with van der Waals surface area (Å²) in [5.74, 6) is -0.696. The van der Waals surface area contributed by atoms with Gasteiger partial charge < -0.3 is 4.74 Å². The molecule has 1 aromatic carbocycles. The van der Waals surface area contributed by atoms with Crippen molar-refractivity contribution in [3.8, 4) is 5.75 Å². The van der Waals surface area contributed by atoms with Gasteiger partial charge >= 0.3 is 0 Å². The van der Waals surface area contributed by atoms with Crippen LogP contribution in [0.2, 0.25) is 5.02 Å². The summed E-state index contributed by atoms with van der Waals surface area (Å²) >= 11 is 6.04. The first-order valence-corrected chi connectivity index (χ1v) is 8.90. The lowest BCUT2D eigenvalue weighted by Gasteiger charge is -2.18. The number of ether oxygens (including phenoxy) is 1. The van der Waals surface area contributed by atoms with Gasteiger partial charge in [0.05, 0.1) is 17.3 Å². The van der Waals surface area contributed by atoms with Crippen LogP contribution in [0.1, 0.15) is 40.0 Å². The second-order valence-electron chi connectivity index (χ2n) is 7.19. The van der Waals surface area contributed by atoms with E-state index in [1.54, 1.807) is 0 Å². The van der Waals surface area contributed by atoms with Gasteiger partial charge in [0.1, 0.15) is 11.6 Å². The topological polar surface area (TPSA) is 46.6 Å². The van der Waals surface area contributed by atoms with Crippen LogP contribution >= 0.6 is 11.6 Å². The summed E-state index contributed by atoms with van der Waals surface area (Å²) in [5, 5.41) is 0.118. The van der Waals surface area contributed by atoms with Gasteiger partial charge in [0.25, 0.3) is 11.8 Å². The van der Waals surface area contributed by atoms with Crippen LogP contribution in [0.3, 0.4) is 0 Å². The summed E-state index contributed by atoms with van der Waals surface area (Å²) in [5.41, 5.74) is 0.935. The Kier molecular flexibility index (Phi) is 4.87. The Hall–Kier alpha value is -1.88. The molecule has 4 nitrogen and oxygen atoms in total. The van der Waals surface area contributed by atoms with Crippen molar-refractivity contribution in [1.82, 2.24) is 0 Å². The fraction of sp³-hybridized carbons (Fsp3) is 0.474. The average Bonchev–Trinajstić information content (AvgIpc) is 2.78. The predicted molar refractivity (Wildman–Crippen MR) is 94.3 cm³/mol. The molecule has 0 aromatic heterocycles. The third-order valence-electron chi connectivity index (χ3n) is 4.54. The van der Waals surface area contributed by atoms with E-state index in [1.165, 1.54) is 6.07 Å². The lowest BCUT2D eigenvalue weighted by Crippen LogP contribution is -2.32. The average molecular weight is 366 g/mol. The number of amides is 2. The fourth-order valence-electron chi connectivity index (χ4n) is 3.21. The Labute approximate surface area is 151 Å². The Morgan fingerprint density at radius 2 is 1.96 bits per heavy atom. The lowest BCUT2D eigenvalue weighted by atomic mass is 9.86. The van der Waals surface area contributed by atoms with Crippen molar-refractivity contribution in [3.05, 3.63) is 34.1 Å². The number of rotatable bonds is 4. The monoisotopic (exact) mass is 365 g/mol. The summed E-state index contributed by atoms with van der Waals surface area (Å²) in [7, 11) is 0. The molecule has 0 saturated carbocycles. The molecular formula is C19H21ClFNO3. The molecule has 3 rings (SSSR count). The maximum atomic E-state index is 14.5. The van der Waals surface area contributed by atoms with E-state index >= 15 is 0 Å². The molecule has 1 unspecified atom stereocenters. The minimum atomic E-state index is -0.712. The first-order chi connectivity index (χ1) is 11.8. The SMILES string of the molecule is CC(C)COc1cc(N2C(=O)C3=C(CC(C)CC3)C2=O)c(F)cc1Cl. The maximum absolute atomic E-state index is 14.5. The molecular weight excluding hydrogens is 345 g/mol. The summed E-state index contributed by atoms with van der Waals surface area (Å²) in [6.45, 7) is 6.40. The second-order valence-corrected chi connectivity index (χ2v) is 7.60. The van der Waals surface area contributed by atoms with Crippen molar-refractivity contribution in [1.29, 1.82) is 0 Å². The van der Waals surface area contributed by atoms with Crippen LogP contribution in [-0.2, 0) is 9.59 Å². The number of hydrogen-bond donors (Lipinski definition) is 0. The number of hydrogen-bond acceptors (Lipinski definition) is 3. The molecule has 134 valence electrons. The van der Waals surface area contributed by atoms with Crippen molar-refractivity contribution in [2.24, 2.45) is 11.8 Å². The molecule has 1 heterocycles. The molecule has 0 bridgehead atoms. The van der Waals surface area contributed by atoms with Crippen LogP contribution in [0.15, 0.2) is 23.3 Å². The summed E-state index contributed by atoms with van der Waals surface area (Å²) in [4.78, 5) is 26.3. The number of carbonyl (C=O) groups is 2. The van der Waals surface area contributed by atoms with E-state index in [2.05, 4.69) is 0 Å². The first kappa shape index (κ1) is 17.9. The van der Waals surface area contributed by atoms with Crippen molar-refractivity contribution in [2.75, 3.05) is 11.5 Å². The zero-order chi connectivity index (χ0) is 18.3. The van der Waals surface area contributed by atoms with Crippen LogP contribution < -0.4 is 9.64 Å². The van der Waals surface area contributed by atoms with E-state index < -0.39 is 17.6 Å². The number of carbonyl (C=O) groups excluding carboxylic acids is 2. The van der Waals surface area contributed by atoms with Gasteiger partial charge in [0.15, 0.2) is 0 Å². The molecule has 2 aliphatic rings. The van der Waals surface area contributed by atoms with Crippen molar-refractivity contribution >= 4 is 29.1 Å². The Balaban J connectivity index is 1.95. The molecule has 6 heteroatoms. The van der Waals surface area contributed by atoms with Crippen LogP contribution in [0, 0.1) is 17.7 Å². The minimum absolute atomic E-state index is 0.0970. The smallest absolute Gasteiger partial charge is 0.261 e. The van der Waals surface area contributed by atoms with Crippen molar-refractivity contribution in [2.45, 2.75) is 40.0 Å². The van der Waals surface area contributed by atoms with Gasteiger partial charge in [0, 0.05) is 17.2 Å². The molecule has 1 aliphatic carbocycles. The predicted octanol–water partition coefficient (Wildman–Crippen LogP) is 4.50. The third-order valence-corrected chi connectivity index (χ3v) is 4.84. The number of halogens is 2. The molecule has 25 heavy (non-hydrogen) atoms. The molecule has 1 atom stereocenters. The van der Waals surface area contributed by atoms with Crippen LogP contribution in [0.5, 0.6) is 5.75 Å². The standard InChI is InChI=1S/C19H21ClFNO3/c1-10(2)9-25-17-8-16(15(21)7-14(17)20)22-18(23)12-5-4-11(3)6-13(12)19(22)24/h7-8,10-11H,4-6,9H2,1-3H3. The maximum Gasteiger partial charge on any atom is 0.261 e. The van der Waals surface area contributed by atoms with E-state index in [0.29, 0.717) is 36.5 Å². The van der Waals surface area contributed by atoms with E-state index in [4.69, 9.17) is 16.3 Å². The van der Waals surface area contributed by atoms with E-state index in [9.17, 15) is 14.0 Å². The van der Waals surface area contributed by atoms with Gasteiger partial charge in [-0.25, -0.2) is 9.29 Å². The Morgan fingerprint density at radius 3 is 2.64 bits per heavy atom. The van der Waals surface area contributed by atoms with E-state index in [1.807, 2.05) is 20.8 Å². The normalized spacial score (nSPS) is 20.6. The third kappa shape index (κ3) is 3.30. The second kappa shape index (κ2) is 6.79. The highest BCUT2D eigenvalue weighted by molar-refractivity contribution is 6.34. The molecule has 1 aromatic rings. The Bertz CT molecular complexity index is 772. The molecule has 2 amide bonds.